The summed E-state index contributed by atoms with van der Waals surface area (Å²) in [6.45, 7) is 1.20. The van der Waals surface area contributed by atoms with Gasteiger partial charge in [-0.3, -0.25) is 0 Å². The third kappa shape index (κ3) is 4.27. The minimum absolute atomic E-state index is 0.168. The molecule has 0 bridgehead atoms. The summed E-state index contributed by atoms with van der Waals surface area (Å²) < 4.78 is 13.8. The van der Waals surface area contributed by atoms with Gasteiger partial charge in [-0.25, -0.2) is 4.39 Å². The summed E-state index contributed by atoms with van der Waals surface area (Å²) in [5.74, 6) is -0.340. The predicted molar refractivity (Wildman–Crippen MR) is 86.0 cm³/mol. The van der Waals surface area contributed by atoms with E-state index < -0.39 is 0 Å². The van der Waals surface area contributed by atoms with Gasteiger partial charge in [0.05, 0.1) is 5.02 Å². The molecule has 0 amide bonds. The van der Waals surface area contributed by atoms with Crippen molar-refractivity contribution in [3.05, 3.63) is 70.5 Å². The molecule has 0 fully saturated rings. The molecule has 0 aliphatic heterocycles. The van der Waals surface area contributed by atoms with Crippen molar-refractivity contribution in [2.45, 2.75) is 12.6 Å². The Kier molecular flexibility index (Phi) is 5.74. The second-order valence-electron chi connectivity index (χ2n) is 5.23. The SMILES string of the molecule is CN(C)C(CNCc1cccc(Cl)c1F)c1ccccc1. The molecule has 112 valence electrons. The molecule has 4 heteroatoms. The van der Waals surface area contributed by atoms with Crippen LogP contribution in [0.2, 0.25) is 5.02 Å². The van der Waals surface area contributed by atoms with E-state index in [1.807, 2.05) is 32.3 Å². The summed E-state index contributed by atoms with van der Waals surface area (Å²) >= 11 is 5.79. The van der Waals surface area contributed by atoms with Crippen LogP contribution < -0.4 is 5.32 Å². The van der Waals surface area contributed by atoms with E-state index in [4.69, 9.17) is 11.6 Å². The Morgan fingerprint density at radius 2 is 1.81 bits per heavy atom. The first-order valence-electron chi connectivity index (χ1n) is 6.94. The van der Waals surface area contributed by atoms with Crippen LogP contribution in [0.5, 0.6) is 0 Å². The van der Waals surface area contributed by atoms with E-state index >= 15 is 0 Å². The Bertz CT molecular complexity index is 572. The van der Waals surface area contributed by atoms with Crippen molar-refractivity contribution < 1.29 is 4.39 Å². The Balaban J connectivity index is 1.99. The molecule has 0 aliphatic carbocycles. The van der Waals surface area contributed by atoms with Gasteiger partial charge in [0, 0.05) is 24.7 Å². The molecule has 0 saturated heterocycles. The van der Waals surface area contributed by atoms with Gasteiger partial charge in [-0.15, -0.1) is 0 Å². The highest BCUT2D eigenvalue weighted by Crippen LogP contribution is 2.19. The van der Waals surface area contributed by atoms with E-state index in [1.165, 1.54) is 5.56 Å². The lowest BCUT2D eigenvalue weighted by atomic mass is 10.1. The van der Waals surface area contributed by atoms with Crippen LogP contribution in [-0.4, -0.2) is 25.5 Å². The van der Waals surface area contributed by atoms with Gasteiger partial charge in [0.15, 0.2) is 0 Å². The number of nitrogens with one attached hydrogen (secondary N) is 1. The Labute approximate surface area is 130 Å². The number of benzene rings is 2. The van der Waals surface area contributed by atoms with Gasteiger partial charge in [0.2, 0.25) is 0 Å². The summed E-state index contributed by atoms with van der Waals surface area (Å²) in [5, 5.41) is 3.48. The van der Waals surface area contributed by atoms with Crippen molar-refractivity contribution >= 4 is 11.6 Å². The Hall–Kier alpha value is -1.42. The highest BCUT2D eigenvalue weighted by Gasteiger charge is 2.13. The van der Waals surface area contributed by atoms with E-state index in [-0.39, 0.29) is 16.9 Å². The minimum Gasteiger partial charge on any atom is -0.311 e. The molecule has 1 atom stereocenters. The number of halogens is 2. The van der Waals surface area contributed by atoms with Crippen LogP contribution in [0.1, 0.15) is 17.2 Å². The predicted octanol–water partition coefficient (Wildman–Crippen LogP) is 3.87. The second-order valence-corrected chi connectivity index (χ2v) is 5.64. The average Bonchev–Trinajstić information content (AvgIpc) is 2.48. The molecule has 0 aromatic heterocycles. The van der Waals surface area contributed by atoms with Crippen LogP contribution in [-0.2, 0) is 6.54 Å². The fraction of sp³-hybridized carbons (Fsp3) is 0.294. The number of likely N-dealkylation sites (N-methyl/N-ethyl adjacent to an activating group) is 1. The van der Waals surface area contributed by atoms with Gasteiger partial charge in [0.25, 0.3) is 0 Å². The number of hydrogen-bond donors (Lipinski definition) is 1. The summed E-state index contributed by atoms with van der Waals surface area (Å²) in [4.78, 5) is 2.15. The van der Waals surface area contributed by atoms with Crippen molar-refractivity contribution in [2.75, 3.05) is 20.6 Å². The third-order valence-electron chi connectivity index (χ3n) is 3.49. The van der Waals surface area contributed by atoms with Crippen LogP contribution in [0, 0.1) is 5.82 Å². The van der Waals surface area contributed by atoms with E-state index in [0.717, 1.165) is 6.54 Å². The van der Waals surface area contributed by atoms with Crippen molar-refractivity contribution in [2.24, 2.45) is 0 Å². The van der Waals surface area contributed by atoms with Crippen LogP contribution in [0.15, 0.2) is 48.5 Å². The molecule has 2 aromatic rings. The Morgan fingerprint density at radius 3 is 2.48 bits per heavy atom. The normalized spacial score (nSPS) is 12.6. The molecule has 0 radical (unpaired) electrons. The van der Waals surface area contributed by atoms with E-state index in [9.17, 15) is 4.39 Å². The highest BCUT2D eigenvalue weighted by molar-refractivity contribution is 6.30. The lowest BCUT2D eigenvalue weighted by Gasteiger charge is -2.25. The standard InChI is InChI=1S/C17H20ClFN2/c1-21(2)16(13-7-4-3-5-8-13)12-20-11-14-9-6-10-15(18)17(14)19/h3-10,16,20H,11-12H2,1-2H3. The van der Waals surface area contributed by atoms with Gasteiger partial charge in [-0.05, 0) is 25.7 Å². The summed E-state index contributed by atoms with van der Waals surface area (Å²) in [5.41, 5.74) is 1.83. The third-order valence-corrected chi connectivity index (χ3v) is 3.78. The lowest BCUT2D eigenvalue weighted by molar-refractivity contribution is 0.288. The number of hydrogen-bond acceptors (Lipinski definition) is 2. The summed E-state index contributed by atoms with van der Waals surface area (Å²) in [6.07, 6.45) is 0. The quantitative estimate of drug-likeness (QED) is 0.871. The molecular formula is C17H20ClFN2. The fourth-order valence-electron chi connectivity index (χ4n) is 2.30. The molecule has 2 rings (SSSR count). The first-order valence-corrected chi connectivity index (χ1v) is 7.32. The molecule has 21 heavy (non-hydrogen) atoms. The molecule has 0 aliphatic rings. The fourth-order valence-corrected chi connectivity index (χ4v) is 2.50. The Morgan fingerprint density at radius 1 is 1.10 bits per heavy atom. The largest absolute Gasteiger partial charge is 0.311 e. The van der Waals surface area contributed by atoms with E-state index in [2.05, 4.69) is 22.3 Å². The first-order chi connectivity index (χ1) is 10.1. The second kappa shape index (κ2) is 7.55. The number of nitrogens with zero attached hydrogens (tertiary/aromatic N) is 1. The van der Waals surface area contributed by atoms with Crippen LogP contribution in [0.25, 0.3) is 0 Å². The topological polar surface area (TPSA) is 15.3 Å². The average molecular weight is 307 g/mol. The van der Waals surface area contributed by atoms with E-state index in [0.29, 0.717) is 12.1 Å². The van der Waals surface area contributed by atoms with Gasteiger partial charge >= 0.3 is 0 Å². The summed E-state index contributed by atoms with van der Waals surface area (Å²) in [7, 11) is 4.08. The smallest absolute Gasteiger partial charge is 0.146 e. The summed E-state index contributed by atoms with van der Waals surface area (Å²) in [6, 6.07) is 15.6. The highest BCUT2D eigenvalue weighted by atomic mass is 35.5. The van der Waals surface area contributed by atoms with E-state index in [1.54, 1.807) is 18.2 Å². The van der Waals surface area contributed by atoms with Crippen molar-refractivity contribution in [1.82, 2.24) is 10.2 Å². The molecule has 0 heterocycles. The monoisotopic (exact) mass is 306 g/mol. The van der Waals surface area contributed by atoms with Gasteiger partial charge in [-0.1, -0.05) is 54.1 Å². The van der Waals surface area contributed by atoms with Crippen LogP contribution in [0.4, 0.5) is 4.39 Å². The molecule has 0 spiro atoms. The van der Waals surface area contributed by atoms with Crippen LogP contribution in [0.3, 0.4) is 0 Å². The molecule has 1 N–H and O–H groups in total. The van der Waals surface area contributed by atoms with Crippen molar-refractivity contribution in [3.63, 3.8) is 0 Å². The molecule has 2 nitrogen and oxygen atoms in total. The van der Waals surface area contributed by atoms with Crippen molar-refractivity contribution in [1.29, 1.82) is 0 Å². The molecular weight excluding hydrogens is 287 g/mol. The minimum atomic E-state index is -0.340. The van der Waals surface area contributed by atoms with Gasteiger partial charge < -0.3 is 10.2 Å². The molecule has 1 unspecified atom stereocenters. The van der Waals surface area contributed by atoms with Gasteiger partial charge in [0.1, 0.15) is 5.82 Å². The first kappa shape index (κ1) is 16.0. The number of rotatable bonds is 6. The maximum atomic E-state index is 13.8. The molecule has 2 aromatic carbocycles. The zero-order chi connectivity index (χ0) is 15.2. The zero-order valence-electron chi connectivity index (χ0n) is 12.3. The maximum absolute atomic E-state index is 13.8. The zero-order valence-corrected chi connectivity index (χ0v) is 13.1. The van der Waals surface area contributed by atoms with Crippen molar-refractivity contribution in [3.8, 4) is 0 Å². The van der Waals surface area contributed by atoms with Crippen LogP contribution >= 0.6 is 11.6 Å². The van der Waals surface area contributed by atoms with Gasteiger partial charge in [-0.2, -0.15) is 0 Å². The lowest BCUT2D eigenvalue weighted by Crippen LogP contribution is -2.31. The maximum Gasteiger partial charge on any atom is 0.146 e. The molecule has 0 saturated carbocycles.